The van der Waals surface area contributed by atoms with E-state index in [-0.39, 0.29) is 172 Å². The summed E-state index contributed by atoms with van der Waals surface area (Å²) in [6, 6.07) is -24.3. The summed E-state index contributed by atoms with van der Waals surface area (Å²) in [5, 5.41) is 89.5. The van der Waals surface area contributed by atoms with Gasteiger partial charge in [0.2, 0.25) is 106 Å². The smallest absolute Gasteiger partial charge is 0.326 e. The van der Waals surface area contributed by atoms with E-state index in [2.05, 4.69) is 63.5 Å². The lowest BCUT2D eigenvalue weighted by atomic mass is 9.96. The number of amides is 18. The van der Waals surface area contributed by atoms with Crippen molar-refractivity contribution in [3.63, 3.8) is 0 Å². The number of nitrogens with two attached hydrogens (primary N) is 4. The number of aliphatic hydroxyl groups is 4. The average Bonchev–Trinajstić information content (AvgIpc) is 1.66. The van der Waals surface area contributed by atoms with Crippen molar-refractivity contribution >= 4 is 124 Å². The van der Waals surface area contributed by atoms with Gasteiger partial charge >= 0.3 is 11.9 Å². The van der Waals surface area contributed by atoms with Crippen LogP contribution in [0.4, 0.5) is 0 Å². The summed E-state index contributed by atoms with van der Waals surface area (Å²) in [5.74, 6) is -20.3. The van der Waals surface area contributed by atoms with E-state index in [9.17, 15) is 127 Å². The Balaban J connectivity index is 1.05. The quantitative estimate of drug-likeness (QED) is 0.0153. The van der Waals surface area contributed by atoms with Gasteiger partial charge in [-0.2, -0.15) is 0 Å². The van der Waals surface area contributed by atoms with Crippen molar-refractivity contribution in [2.45, 2.75) is 306 Å². The molecule has 48 heteroatoms. The number of aliphatic hydroxyl groups excluding tert-OH is 4. The standard InChI is InChI=1S/C84H138N22O26/c1-10-45(8)65(77(125)95-52(36-44(6)7)80(128)104-31-15-22-59(104)73(121)92-49(83(131)132)25-26-62(86)111)99-76(124)61-24-17-33-106(61)82(130)66(46(9)110)100-68(116)50(37-64(113)114)93-70(118)54(40-108)96-72(120)57-20-12-28-101(57)63(112)38-90-71(119)56-19-13-30-103(56)79(127)51(35-43(4)5)94-67(115)48(18-11-27-89-84(87)88)91-69(117)53(39-107)97-74(122)60-23-16-32-105(60)81(129)55(41-109)98-75(123)58-21-14-29-102(58)78(126)47(85)34-42(2)3/h42-61,65-66,107-110H,10-41,85H2,1-9H3,(H2,86,111)(H,90,119)(H,91,117)(H,92,121)(H,93,118)(H,94,115)(H,95,125)(H,96,120)(H,97,122)(H,98,123)(H,99,124)(H,100,116)(H,113,114)(H,131,132)(H4,87,88,89)/t45-,46+,47-,48-,49-,50-,51-,52-,53-,54-,55-,56-,57-,58-,59-,60-,61-,65-,66-/m0/s1. The molecule has 6 aliphatic heterocycles. The van der Waals surface area contributed by atoms with Gasteiger partial charge in [0, 0.05) is 52.2 Å². The zero-order chi connectivity index (χ0) is 98.4. The van der Waals surface area contributed by atoms with E-state index in [1.165, 1.54) is 14.7 Å². The van der Waals surface area contributed by atoms with Gasteiger partial charge in [0.25, 0.3) is 0 Å². The number of nitrogens with zero attached hydrogens (tertiary/aromatic N) is 7. The lowest BCUT2D eigenvalue weighted by Gasteiger charge is -2.33. The molecule has 19 atom stereocenters. The number of rotatable bonds is 50. The Morgan fingerprint density at radius 3 is 1.14 bits per heavy atom. The summed E-state index contributed by atoms with van der Waals surface area (Å²) in [7, 11) is 0. The maximum Gasteiger partial charge on any atom is 0.326 e. The predicted molar refractivity (Wildman–Crippen MR) is 468 cm³/mol. The minimum Gasteiger partial charge on any atom is -0.481 e. The molecule has 6 rings (SSSR count). The third kappa shape index (κ3) is 31.0. The van der Waals surface area contributed by atoms with E-state index in [0.29, 0.717) is 25.7 Å². The van der Waals surface area contributed by atoms with Crippen LogP contribution in [0.25, 0.3) is 0 Å². The summed E-state index contributed by atoms with van der Waals surface area (Å²) in [6.45, 7) is 11.6. The predicted octanol–water partition coefficient (Wildman–Crippen LogP) is -8.36. The van der Waals surface area contributed by atoms with E-state index >= 15 is 0 Å². The second kappa shape index (κ2) is 52.1. The summed E-state index contributed by atoms with van der Waals surface area (Å²) in [6.07, 6.45) is -0.678. The first kappa shape index (κ1) is 109. The molecule has 0 saturated carbocycles. The maximum absolute atomic E-state index is 14.7. The highest BCUT2D eigenvalue weighted by Crippen LogP contribution is 2.28. The molecule has 0 unspecified atom stereocenters. The number of carboxylic acid groups (broad SMARTS) is 2. The van der Waals surface area contributed by atoms with Crippen LogP contribution in [0.2, 0.25) is 0 Å². The number of nitrogens with one attached hydrogen (secondary N) is 11. The van der Waals surface area contributed by atoms with Crippen LogP contribution in [0, 0.1) is 23.7 Å². The zero-order valence-electron chi connectivity index (χ0n) is 76.6. The largest absolute Gasteiger partial charge is 0.481 e. The molecule has 6 fully saturated rings. The fourth-order valence-electron chi connectivity index (χ4n) is 17.2. The lowest BCUT2D eigenvalue weighted by molar-refractivity contribution is -0.146. The molecule has 0 aliphatic carbocycles. The Hall–Kier alpha value is -11.5. The van der Waals surface area contributed by atoms with Gasteiger partial charge in [-0.05, 0) is 146 Å². The van der Waals surface area contributed by atoms with E-state index in [4.69, 9.17) is 22.9 Å². The SMILES string of the molecule is CC[C@H](C)[C@H](NC(=O)[C@@H]1CCCN1C(=O)[C@@H](NC(=O)[C@H](CC(=O)O)NC(=O)[C@H](CO)NC(=O)[C@@H]1CCCN1C(=O)CNC(=O)[C@@H]1CCCN1C(=O)[C@H](CC(C)C)NC(=O)[C@H](CCCN=C(N)N)NC(=O)[C@H](CO)NC(=O)[C@@H]1CCCN1C(=O)[C@H](CO)NC(=O)[C@@H]1CCCN1C(=O)[C@@H](N)CC(C)C)[C@@H](C)O)C(=O)N[C@@H](CC(C)C)C(=O)N1CCC[C@H]1C(=O)N[C@@H](CCC(N)=O)C(=O)O. The molecule has 6 aliphatic rings. The van der Waals surface area contributed by atoms with Crippen molar-refractivity contribution in [1.29, 1.82) is 0 Å². The van der Waals surface area contributed by atoms with Crippen LogP contribution in [0.15, 0.2) is 4.99 Å². The monoisotopic (exact) mass is 1870 g/mol. The number of carbonyl (C=O) groups is 20. The highest BCUT2D eigenvalue weighted by atomic mass is 16.4. The van der Waals surface area contributed by atoms with Gasteiger partial charge in [-0.3, -0.25) is 96.1 Å². The molecule has 0 aromatic rings. The number of aliphatic imine (C=N–C) groups is 1. The summed E-state index contributed by atoms with van der Waals surface area (Å²) >= 11 is 0. The number of guanidine groups is 1. The minimum atomic E-state index is -2.08. The molecule has 6 heterocycles. The van der Waals surface area contributed by atoms with Gasteiger partial charge in [-0.15, -0.1) is 0 Å². The van der Waals surface area contributed by atoms with Gasteiger partial charge in [0.1, 0.15) is 96.7 Å². The van der Waals surface area contributed by atoms with Crippen molar-refractivity contribution < 1.29 is 127 Å². The lowest BCUT2D eigenvalue weighted by Crippen LogP contribution is -2.62. The van der Waals surface area contributed by atoms with Crippen LogP contribution in [-0.2, 0) is 95.9 Å². The minimum absolute atomic E-state index is 0.00141. The molecule has 740 valence electrons. The number of carboxylic acids is 2. The van der Waals surface area contributed by atoms with Crippen molar-refractivity contribution in [1.82, 2.24) is 87.9 Å². The number of likely N-dealkylation sites (tertiary alicyclic amines) is 6. The Kier molecular flexibility index (Phi) is 43.1. The van der Waals surface area contributed by atoms with Crippen molar-refractivity contribution in [3.8, 4) is 0 Å². The fourth-order valence-corrected chi connectivity index (χ4v) is 17.2. The van der Waals surface area contributed by atoms with Crippen LogP contribution in [-0.4, -0.2) is 365 Å². The molecular weight excluding hydrogens is 1730 g/mol. The molecule has 25 N–H and O–H groups in total. The molecular formula is C84H138N22O26. The Morgan fingerprint density at radius 1 is 0.386 bits per heavy atom. The second-order valence-electron chi connectivity index (χ2n) is 35.9. The summed E-state index contributed by atoms with van der Waals surface area (Å²) in [5.41, 5.74) is 22.5. The molecule has 6 saturated heterocycles. The van der Waals surface area contributed by atoms with Crippen molar-refractivity contribution in [2.24, 2.45) is 51.6 Å². The zero-order valence-corrected chi connectivity index (χ0v) is 76.6. The van der Waals surface area contributed by atoms with Crippen LogP contribution in [0.5, 0.6) is 0 Å². The number of primary amides is 1. The number of hydrogen-bond donors (Lipinski definition) is 21. The van der Waals surface area contributed by atoms with Crippen LogP contribution < -0.4 is 81.4 Å². The number of hydrogen-bond acceptors (Lipinski definition) is 26. The summed E-state index contributed by atoms with van der Waals surface area (Å²) in [4.78, 5) is 287. The third-order valence-corrected chi connectivity index (χ3v) is 24.3. The average molecular weight is 1870 g/mol. The molecule has 18 amide bonds. The first-order chi connectivity index (χ1) is 62.3. The van der Waals surface area contributed by atoms with Gasteiger partial charge in [0.05, 0.1) is 44.9 Å². The van der Waals surface area contributed by atoms with Crippen LogP contribution in [0.3, 0.4) is 0 Å². The Labute approximate surface area is 765 Å². The Morgan fingerprint density at radius 2 is 0.742 bits per heavy atom. The maximum atomic E-state index is 14.7. The van der Waals surface area contributed by atoms with Crippen LogP contribution >= 0.6 is 0 Å². The van der Waals surface area contributed by atoms with E-state index < -0.39 is 266 Å². The van der Waals surface area contributed by atoms with Gasteiger partial charge < -0.3 is 141 Å². The van der Waals surface area contributed by atoms with E-state index in [0.717, 1.165) is 21.6 Å². The molecule has 0 bridgehead atoms. The number of aliphatic carboxylic acids is 2. The third-order valence-electron chi connectivity index (χ3n) is 24.3. The van der Waals surface area contributed by atoms with Crippen LogP contribution in [0.1, 0.15) is 197 Å². The number of carbonyl (C=O) groups excluding carboxylic acids is 18. The van der Waals surface area contributed by atoms with Gasteiger partial charge in [0.15, 0.2) is 5.96 Å². The molecule has 0 aromatic carbocycles. The molecule has 0 spiro atoms. The normalized spacial score (nSPS) is 21.3. The van der Waals surface area contributed by atoms with Gasteiger partial charge in [-0.25, -0.2) is 4.79 Å². The van der Waals surface area contributed by atoms with E-state index in [1.807, 2.05) is 13.8 Å². The fraction of sp³-hybridized carbons (Fsp3) is 0.750. The second-order valence-corrected chi connectivity index (χ2v) is 35.9. The van der Waals surface area contributed by atoms with Crippen molar-refractivity contribution in [2.75, 3.05) is 72.2 Å². The highest BCUT2D eigenvalue weighted by molar-refractivity contribution is 6.02. The summed E-state index contributed by atoms with van der Waals surface area (Å²) < 4.78 is 0. The Bertz CT molecular complexity index is 4150. The van der Waals surface area contributed by atoms with Gasteiger partial charge in [-0.1, -0.05) is 61.8 Å². The first-order valence-electron chi connectivity index (χ1n) is 45.5. The molecule has 0 radical (unpaired) electrons. The van der Waals surface area contributed by atoms with Crippen molar-refractivity contribution in [3.05, 3.63) is 0 Å². The molecule has 132 heavy (non-hydrogen) atoms. The highest BCUT2D eigenvalue weighted by Gasteiger charge is 2.48. The van der Waals surface area contributed by atoms with E-state index in [1.54, 1.807) is 41.5 Å². The molecule has 0 aromatic heterocycles. The molecule has 48 nitrogen and oxygen atoms in total. The first-order valence-corrected chi connectivity index (χ1v) is 45.5. The topological polar surface area (TPSA) is 731 Å².